The molecule has 0 aromatic rings. The molecule has 0 spiro atoms. The smallest absolute Gasteiger partial charge is 0.0271 e. The van der Waals surface area contributed by atoms with Gasteiger partial charge in [0.2, 0.25) is 0 Å². The van der Waals surface area contributed by atoms with Gasteiger partial charge < -0.3 is 10.2 Å². The fourth-order valence-corrected chi connectivity index (χ4v) is 4.00. The van der Waals surface area contributed by atoms with Gasteiger partial charge >= 0.3 is 0 Å². The average molecular weight is 282 g/mol. The van der Waals surface area contributed by atoms with Crippen LogP contribution in [0.15, 0.2) is 0 Å². The molecule has 2 rings (SSSR count). The fraction of sp³-hybridized carbons (Fsp3) is 1.00. The van der Waals surface area contributed by atoms with Gasteiger partial charge in [-0.15, -0.1) is 0 Å². The Morgan fingerprint density at radius 1 is 1.15 bits per heavy atom. The van der Waals surface area contributed by atoms with Gasteiger partial charge in [-0.1, -0.05) is 13.8 Å². The van der Waals surface area contributed by atoms with Gasteiger partial charge in [0.1, 0.15) is 0 Å². The number of likely N-dealkylation sites (N-methyl/N-ethyl adjacent to an activating group) is 2. The third kappa shape index (κ3) is 3.73. The maximum atomic E-state index is 3.59. The largest absolute Gasteiger partial charge is 0.315 e. The summed E-state index contributed by atoms with van der Waals surface area (Å²) in [4.78, 5) is 7.63. The zero-order valence-electron chi connectivity index (χ0n) is 14.2. The van der Waals surface area contributed by atoms with Crippen molar-refractivity contribution in [2.24, 2.45) is 5.41 Å². The molecule has 1 saturated heterocycles. The topological polar surface area (TPSA) is 21.8 Å². The number of nitrogens with zero attached hydrogens (tertiary/aromatic N) is 3. The third-order valence-electron chi connectivity index (χ3n) is 5.36. The van der Waals surface area contributed by atoms with Crippen molar-refractivity contribution in [2.75, 3.05) is 60.4 Å². The van der Waals surface area contributed by atoms with E-state index in [1.807, 2.05) is 0 Å². The van der Waals surface area contributed by atoms with E-state index in [1.165, 1.54) is 52.1 Å². The lowest BCUT2D eigenvalue weighted by Crippen LogP contribution is -2.56. The molecule has 2 atom stereocenters. The molecule has 1 N–H and O–H groups in total. The maximum Gasteiger partial charge on any atom is 0.0271 e. The van der Waals surface area contributed by atoms with Crippen molar-refractivity contribution in [1.82, 2.24) is 20.0 Å². The molecule has 118 valence electrons. The predicted molar refractivity (Wildman–Crippen MR) is 86.2 cm³/mol. The van der Waals surface area contributed by atoms with Crippen molar-refractivity contribution in [2.45, 2.75) is 38.8 Å². The molecule has 1 aliphatic heterocycles. The highest BCUT2D eigenvalue weighted by Crippen LogP contribution is 2.39. The first kappa shape index (κ1) is 16.2. The van der Waals surface area contributed by atoms with Gasteiger partial charge in [-0.2, -0.15) is 0 Å². The van der Waals surface area contributed by atoms with Crippen LogP contribution in [0.5, 0.6) is 0 Å². The zero-order chi connectivity index (χ0) is 14.8. The summed E-state index contributed by atoms with van der Waals surface area (Å²) < 4.78 is 0. The van der Waals surface area contributed by atoms with E-state index in [4.69, 9.17) is 0 Å². The normalized spacial score (nSPS) is 32.1. The molecule has 2 fully saturated rings. The highest BCUT2D eigenvalue weighted by Gasteiger charge is 2.43. The molecule has 4 nitrogen and oxygen atoms in total. The number of nitrogens with one attached hydrogen (secondary N) is 1. The van der Waals surface area contributed by atoms with E-state index in [-0.39, 0.29) is 0 Å². The van der Waals surface area contributed by atoms with Crippen molar-refractivity contribution < 1.29 is 0 Å². The SMILES string of the molecule is CNC1C(N2CCN(CCN(C)C)CC2)CCC1(C)C. The Balaban J connectivity index is 1.82. The molecule has 1 aliphatic carbocycles. The summed E-state index contributed by atoms with van der Waals surface area (Å²) >= 11 is 0. The molecular weight excluding hydrogens is 248 g/mol. The standard InChI is InChI=1S/C16H34N4/c1-16(2)7-6-14(15(16)17-3)20-12-10-19(11-13-20)9-8-18(4)5/h14-15,17H,6-13H2,1-5H3. The third-order valence-corrected chi connectivity index (χ3v) is 5.36. The van der Waals surface area contributed by atoms with Gasteiger partial charge in [0, 0.05) is 51.4 Å². The van der Waals surface area contributed by atoms with Gasteiger partial charge in [0.15, 0.2) is 0 Å². The summed E-state index contributed by atoms with van der Waals surface area (Å²) in [5.41, 5.74) is 0.446. The Morgan fingerprint density at radius 3 is 2.35 bits per heavy atom. The minimum atomic E-state index is 0.446. The highest BCUT2D eigenvalue weighted by atomic mass is 15.3. The van der Waals surface area contributed by atoms with Crippen molar-refractivity contribution in [3.8, 4) is 0 Å². The zero-order valence-corrected chi connectivity index (χ0v) is 14.2. The second-order valence-corrected chi connectivity index (χ2v) is 7.54. The molecule has 0 radical (unpaired) electrons. The summed E-state index contributed by atoms with van der Waals surface area (Å²) in [6, 6.07) is 1.39. The Kier molecular flexibility index (Phi) is 5.46. The van der Waals surface area contributed by atoms with Crippen LogP contribution < -0.4 is 5.32 Å². The molecule has 0 aromatic heterocycles. The molecule has 0 amide bonds. The summed E-state index contributed by atoms with van der Waals surface area (Å²) in [7, 11) is 6.46. The predicted octanol–water partition coefficient (Wildman–Crippen LogP) is 0.942. The Hall–Kier alpha value is -0.160. The number of rotatable bonds is 5. The van der Waals surface area contributed by atoms with Crippen molar-refractivity contribution >= 4 is 0 Å². The number of hydrogen-bond acceptors (Lipinski definition) is 4. The van der Waals surface area contributed by atoms with Crippen LogP contribution in [-0.4, -0.2) is 87.2 Å². The van der Waals surface area contributed by atoms with Crippen molar-refractivity contribution in [1.29, 1.82) is 0 Å². The minimum Gasteiger partial charge on any atom is -0.315 e. The Labute approximate surface area is 125 Å². The average Bonchev–Trinajstić information content (AvgIpc) is 2.71. The van der Waals surface area contributed by atoms with E-state index in [2.05, 4.69) is 55.0 Å². The van der Waals surface area contributed by atoms with Gasteiger partial charge in [-0.05, 0) is 39.4 Å². The van der Waals surface area contributed by atoms with Gasteiger partial charge in [0.25, 0.3) is 0 Å². The minimum absolute atomic E-state index is 0.446. The first-order chi connectivity index (χ1) is 9.44. The van der Waals surface area contributed by atoms with Crippen LogP contribution >= 0.6 is 0 Å². The Bertz CT molecular complexity index is 295. The Morgan fingerprint density at radius 2 is 1.80 bits per heavy atom. The second-order valence-electron chi connectivity index (χ2n) is 7.54. The summed E-state index contributed by atoms with van der Waals surface area (Å²) in [6.45, 7) is 12.2. The van der Waals surface area contributed by atoms with Crippen LogP contribution in [0, 0.1) is 5.41 Å². The molecule has 4 heteroatoms. The molecule has 20 heavy (non-hydrogen) atoms. The van der Waals surface area contributed by atoms with Crippen LogP contribution in [0.3, 0.4) is 0 Å². The van der Waals surface area contributed by atoms with Crippen molar-refractivity contribution in [3.05, 3.63) is 0 Å². The number of hydrogen-bond donors (Lipinski definition) is 1. The maximum absolute atomic E-state index is 3.59. The highest BCUT2D eigenvalue weighted by molar-refractivity contribution is 5.01. The van der Waals surface area contributed by atoms with Crippen LogP contribution in [0.2, 0.25) is 0 Å². The summed E-state index contributed by atoms with van der Waals surface area (Å²) in [5.74, 6) is 0. The molecule has 0 aromatic carbocycles. The van der Waals surface area contributed by atoms with Crippen LogP contribution in [-0.2, 0) is 0 Å². The van der Waals surface area contributed by atoms with E-state index < -0.39 is 0 Å². The van der Waals surface area contributed by atoms with Crippen LogP contribution in [0.25, 0.3) is 0 Å². The molecule has 2 aliphatic rings. The van der Waals surface area contributed by atoms with Gasteiger partial charge in [0.05, 0.1) is 0 Å². The lowest BCUT2D eigenvalue weighted by Gasteiger charge is -2.42. The molecule has 2 unspecified atom stereocenters. The van der Waals surface area contributed by atoms with Gasteiger partial charge in [-0.25, -0.2) is 0 Å². The molecule has 1 saturated carbocycles. The van der Waals surface area contributed by atoms with Crippen LogP contribution in [0.1, 0.15) is 26.7 Å². The van der Waals surface area contributed by atoms with E-state index in [0.29, 0.717) is 11.5 Å². The molecular formula is C16H34N4. The second kappa shape index (κ2) is 6.73. The van der Waals surface area contributed by atoms with Crippen molar-refractivity contribution in [3.63, 3.8) is 0 Å². The quantitative estimate of drug-likeness (QED) is 0.810. The monoisotopic (exact) mass is 282 g/mol. The lowest BCUT2D eigenvalue weighted by molar-refractivity contribution is 0.0750. The van der Waals surface area contributed by atoms with E-state index >= 15 is 0 Å². The number of piperazine rings is 1. The van der Waals surface area contributed by atoms with E-state index in [0.717, 1.165) is 6.04 Å². The molecule has 1 heterocycles. The van der Waals surface area contributed by atoms with E-state index in [9.17, 15) is 0 Å². The first-order valence-corrected chi connectivity index (χ1v) is 8.22. The lowest BCUT2D eigenvalue weighted by atomic mass is 9.86. The summed E-state index contributed by atoms with van der Waals surface area (Å²) in [6.07, 6.45) is 2.71. The molecule has 0 bridgehead atoms. The first-order valence-electron chi connectivity index (χ1n) is 8.22. The summed E-state index contributed by atoms with van der Waals surface area (Å²) in [5, 5.41) is 3.59. The fourth-order valence-electron chi connectivity index (χ4n) is 4.00. The van der Waals surface area contributed by atoms with Crippen LogP contribution in [0.4, 0.5) is 0 Å². The van der Waals surface area contributed by atoms with Gasteiger partial charge in [-0.3, -0.25) is 9.80 Å². The van der Waals surface area contributed by atoms with E-state index in [1.54, 1.807) is 0 Å².